The fourth-order valence-corrected chi connectivity index (χ4v) is 1.96. The molecule has 0 amide bonds. The Morgan fingerprint density at radius 3 is 1.37 bits per heavy atom. The average molecular weight is 271 g/mol. The Balaban J connectivity index is 3.61. The molecule has 0 spiro atoms. The van der Waals surface area contributed by atoms with Crippen molar-refractivity contribution >= 4 is 0 Å². The zero-order chi connectivity index (χ0) is 14.9. The van der Waals surface area contributed by atoms with Gasteiger partial charge in [0.25, 0.3) is 0 Å². The van der Waals surface area contributed by atoms with Gasteiger partial charge in [0.2, 0.25) is 0 Å². The van der Waals surface area contributed by atoms with Crippen molar-refractivity contribution in [1.82, 2.24) is 15.5 Å². The van der Waals surface area contributed by atoms with Crippen LogP contribution in [0.4, 0.5) is 0 Å². The summed E-state index contributed by atoms with van der Waals surface area (Å²) in [6.07, 6.45) is 2.47. The summed E-state index contributed by atoms with van der Waals surface area (Å²) in [5, 5.41) is 7.10. The van der Waals surface area contributed by atoms with Crippen LogP contribution in [-0.2, 0) is 0 Å². The van der Waals surface area contributed by atoms with Crippen LogP contribution in [0.3, 0.4) is 0 Å². The summed E-state index contributed by atoms with van der Waals surface area (Å²) in [5.41, 5.74) is 0.487. The van der Waals surface area contributed by atoms with Gasteiger partial charge < -0.3 is 15.5 Å². The van der Waals surface area contributed by atoms with E-state index in [0.717, 1.165) is 19.6 Å². The third-order valence-electron chi connectivity index (χ3n) is 3.06. The molecule has 0 fully saturated rings. The molecular formula is C16H37N3. The van der Waals surface area contributed by atoms with Crippen LogP contribution in [0.5, 0.6) is 0 Å². The van der Waals surface area contributed by atoms with Gasteiger partial charge in [0.05, 0.1) is 0 Å². The van der Waals surface area contributed by atoms with E-state index in [1.165, 1.54) is 25.9 Å². The topological polar surface area (TPSA) is 27.3 Å². The lowest BCUT2D eigenvalue weighted by Crippen LogP contribution is -2.39. The summed E-state index contributed by atoms with van der Waals surface area (Å²) in [6.45, 7) is 21.4. The normalized spacial score (nSPS) is 13.3. The molecule has 0 atom stereocenters. The molecule has 0 aromatic rings. The lowest BCUT2D eigenvalue weighted by molar-refractivity contribution is 0.268. The number of nitrogens with zero attached hydrogens (tertiary/aromatic N) is 1. The van der Waals surface area contributed by atoms with Crippen LogP contribution in [-0.4, -0.2) is 48.7 Å². The molecule has 0 aromatic heterocycles. The first-order chi connectivity index (χ1) is 8.64. The second kappa shape index (κ2) is 8.93. The highest BCUT2D eigenvalue weighted by molar-refractivity contribution is 4.71. The van der Waals surface area contributed by atoms with Crippen molar-refractivity contribution in [1.29, 1.82) is 0 Å². The van der Waals surface area contributed by atoms with Crippen LogP contribution >= 0.6 is 0 Å². The molecule has 0 aliphatic carbocycles. The van der Waals surface area contributed by atoms with E-state index in [1.807, 2.05) is 0 Å². The van der Waals surface area contributed by atoms with E-state index in [-0.39, 0.29) is 11.1 Å². The molecule has 0 unspecified atom stereocenters. The molecule has 3 nitrogen and oxygen atoms in total. The van der Waals surface area contributed by atoms with Crippen molar-refractivity contribution < 1.29 is 0 Å². The maximum absolute atomic E-state index is 3.55. The molecule has 0 heterocycles. The van der Waals surface area contributed by atoms with E-state index in [0.29, 0.717) is 0 Å². The van der Waals surface area contributed by atoms with Gasteiger partial charge in [-0.3, -0.25) is 0 Å². The summed E-state index contributed by atoms with van der Waals surface area (Å²) in [7, 11) is 0. The van der Waals surface area contributed by atoms with Gasteiger partial charge in [-0.15, -0.1) is 0 Å². The highest BCUT2D eigenvalue weighted by Gasteiger charge is 2.09. The third kappa shape index (κ3) is 14.1. The van der Waals surface area contributed by atoms with E-state index in [2.05, 4.69) is 64.0 Å². The Kier molecular flexibility index (Phi) is 8.88. The van der Waals surface area contributed by atoms with Gasteiger partial charge >= 0.3 is 0 Å². The Morgan fingerprint density at radius 1 is 0.737 bits per heavy atom. The standard InChI is InChI=1S/C16H37N3/c1-8-19(13-9-11-17-15(2,3)4)14-10-12-18-16(5,6)7/h17-18H,8-14H2,1-7H3. The molecule has 0 aliphatic heterocycles. The SMILES string of the molecule is CCN(CCCNC(C)(C)C)CCCNC(C)(C)C. The van der Waals surface area contributed by atoms with Crippen molar-refractivity contribution in [2.45, 2.75) is 72.4 Å². The number of hydrogen-bond donors (Lipinski definition) is 2. The summed E-state index contributed by atoms with van der Waals surface area (Å²) in [6, 6.07) is 0. The predicted molar refractivity (Wildman–Crippen MR) is 86.9 cm³/mol. The first-order valence-corrected chi connectivity index (χ1v) is 7.86. The third-order valence-corrected chi connectivity index (χ3v) is 3.06. The summed E-state index contributed by atoms with van der Waals surface area (Å²) < 4.78 is 0. The monoisotopic (exact) mass is 271 g/mol. The van der Waals surface area contributed by atoms with Gasteiger partial charge in [-0.05, 0) is 87.1 Å². The summed E-state index contributed by atoms with van der Waals surface area (Å²) in [5.74, 6) is 0. The maximum atomic E-state index is 3.55. The molecule has 3 heteroatoms. The van der Waals surface area contributed by atoms with Crippen LogP contribution in [0.1, 0.15) is 61.3 Å². The van der Waals surface area contributed by atoms with E-state index in [1.54, 1.807) is 0 Å². The minimum atomic E-state index is 0.244. The van der Waals surface area contributed by atoms with Crippen molar-refractivity contribution in [2.75, 3.05) is 32.7 Å². The van der Waals surface area contributed by atoms with Crippen LogP contribution in [0.2, 0.25) is 0 Å². The Bertz CT molecular complexity index is 191. The Labute approximate surface area is 121 Å². The van der Waals surface area contributed by atoms with Crippen molar-refractivity contribution in [3.8, 4) is 0 Å². The minimum absolute atomic E-state index is 0.244. The van der Waals surface area contributed by atoms with Crippen molar-refractivity contribution in [2.24, 2.45) is 0 Å². The first kappa shape index (κ1) is 18.9. The van der Waals surface area contributed by atoms with E-state index in [4.69, 9.17) is 0 Å². The molecule has 0 aromatic carbocycles. The van der Waals surface area contributed by atoms with Gasteiger partial charge in [0.15, 0.2) is 0 Å². The molecule has 0 radical (unpaired) electrons. The van der Waals surface area contributed by atoms with E-state index < -0.39 is 0 Å². The maximum Gasteiger partial charge on any atom is 0.00965 e. The molecule has 0 aliphatic rings. The summed E-state index contributed by atoms with van der Waals surface area (Å²) in [4.78, 5) is 2.55. The fourth-order valence-electron chi connectivity index (χ4n) is 1.96. The Morgan fingerprint density at radius 2 is 1.11 bits per heavy atom. The van der Waals surface area contributed by atoms with Crippen molar-refractivity contribution in [3.05, 3.63) is 0 Å². The lowest BCUT2D eigenvalue weighted by atomic mass is 10.1. The van der Waals surface area contributed by atoms with Gasteiger partial charge in [-0.25, -0.2) is 0 Å². The first-order valence-electron chi connectivity index (χ1n) is 7.86. The second-order valence-electron chi connectivity index (χ2n) is 7.49. The molecule has 0 saturated heterocycles. The number of rotatable bonds is 9. The molecule has 0 saturated carbocycles. The number of hydrogen-bond acceptors (Lipinski definition) is 3. The zero-order valence-electron chi connectivity index (χ0n) is 14.4. The molecule has 2 N–H and O–H groups in total. The smallest absolute Gasteiger partial charge is 0.00965 e. The van der Waals surface area contributed by atoms with Crippen LogP contribution in [0.15, 0.2) is 0 Å². The summed E-state index contributed by atoms with van der Waals surface area (Å²) >= 11 is 0. The van der Waals surface area contributed by atoms with Crippen LogP contribution in [0, 0.1) is 0 Å². The van der Waals surface area contributed by atoms with Crippen LogP contribution < -0.4 is 10.6 Å². The average Bonchev–Trinajstić information content (AvgIpc) is 2.24. The predicted octanol–water partition coefficient (Wildman–Crippen LogP) is 2.86. The molecular weight excluding hydrogens is 234 g/mol. The van der Waals surface area contributed by atoms with Crippen LogP contribution in [0.25, 0.3) is 0 Å². The fraction of sp³-hybridized carbons (Fsp3) is 1.00. The van der Waals surface area contributed by atoms with Gasteiger partial charge in [0.1, 0.15) is 0 Å². The minimum Gasteiger partial charge on any atom is -0.312 e. The zero-order valence-corrected chi connectivity index (χ0v) is 14.4. The lowest BCUT2D eigenvalue weighted by Gasteiger charge is -2.25. The molecule has 19 heavy (non-hydrogen) atoms. The van der Waals surface area contributed by atoms with Gasteiger partial charge in [-0.2, -0.15) is 0 Å². The Hall–Kier alpha value is -0.120. The molecule has 0 rings (SSSR count). The second-order valence-corrected chi connectivity index (χ2v) is 7.49. The van der Waals surface area contributed by atoms with Crippen molar-refractivity contribution in [3.63, 3.8) is 0 Å². The van der Waals surface area contributed by atoms with Gasteiger partial charge in [-0.1, -0.05) is 6.92 Å². The van der Waals surface area contributed by atoms with E-state index >= 15 is 0 Å². The molecule has 0 bridgehead atoms. The quantitative estimate of drug-likeness (QED) is 0.632. The van der Waals surface area contributed by atoms with Gasteiger partial charge in [0, 0.05) is 11.1 Å². The molecule has 116 valence electrons. The highest BCUT2D eigenvalue weighted by Crippen LogP contribution is 2.01. The highest BCUT2D eigenvalue weighted by atomic mass is 15.1. The van der Waals surface area contributed by atoms with E-state index in [9.17, 15) is 0 Å². The largest absolute Gasteiger partial charge is 0.312 e. The number of nitrogens with one attached hydrogen (secondary N) is 2.